The molecule has 2 aromatic carbocycles. The molecule has 0 saturated carbocycles. The van der Waals surface area contributed by atoms with Crippen molar-refractivity contribution in [3.63, 3.8) is 0 Å². The van der Waals surface area contributed by atoms with E-state index in [9.17, 15) is 22.0 Å². The Hall–Kier alpha value is -1.58. The van der Waals surface area contributed by atoms with Crippen molar-refractivity contribution in [3.05, 3.63) is 59.7 Å². The topological polar surface area (TPSA) is 60.4 Å². The van der Waals surface area contributed by atoms with Gasteiger partial charge in [-0.25, -0.2) is 13.2 Å². The number of hydrogen-bond acceptors (Lipinski definition) is 6. The van der Waals surface area contributed by atoms with Gasteiger partial charge in [-0.15, -0.1) is 23.5 Å². The van der Waals surface area contributed by atoms with Crippen molar-refractivity contribution in [1.29, 1.82) is 0 Å². The van der Waals surface area contributed by atoms with Crippen molar-refractivity contribution in [2.24, 2.45) is 0 Å². The lowest BCUT2D eigenvalue weighted by Gasteiger charge is -2.10. The summed E-state index contributed by atoms with van der Waals surface area (Å²) in [6, 6.07) is 11.4. The molecule has 4 nitrogen and oxygen atoms in total. The highest BCUT2D eigenvalue weighted by Crippen LogP contribution is 2.45. The zero-order valence-electron chi connectivity index (χ0n) is 13.3. The predicted octanol–water partition coefficient (Wildman–Crippen LogP) is 4.38. The summed E-state index contributed by atoms with van der Waals surface area (Å²) in [5.74, 6) is -1.61. The lowest BCUT2D eigenvalue weighted by Crippen LogP contribution is -2.12. The molecule has 0 amide bonds. The van der Waals surface area contributed by atoms with E-state index in [2.05, 4.69) is 0 Å². The summed E-state index contributed by atoms with van der Waals surface area (Å²) in [6.45, 7) is 0. The largest absolute Gasteiger partial charge is 0.423 e. The van der Waals surface area contributed by atoms with Crippen LogP contribution in [0.1, 0.15) is 20.5 Å². The molecule has 1 heterocycles. The molecule has 0 radical (unpaired) electrons. The van der Waals surface area contributed by atoms with Gasteiger partial charge in [-0.2, -0.15) is 8.78 Å². The Morgan fingerprint density at radius 2 is 1.58 bits per heavy atom. The number of halogens is 2. The van der Waals surface area contributed by atoms with Gasteiger partial charge in [0.1, 0.15) is 5.75 Å². The van der Waals surface area contributed by atoms with E-state index in [-0.39, 0.29) is 5.56 Å². The molecule has 0 unspecified atom stereocenters. The molecule has 1 saturated heterocycles. The van der Waals surface area contributed by atoms with Crippen LogP contribution in [0.15, 0.2) is 53.4 Å². The molecule has 1 aliphatic rings. The first kappa shape index (κ1) is 19.2. The Morgan fingerprint density at radius 3 is 2.12 bits per heavy atom. The van der Waals surface area contributed by atoms with Gasteiger partial charge in [-0.1, -0.05) is 12.1 Å². The monoisotopic (exact) mass is 416 g/mol. The molecule has 9 heteroatoms. The molecule has 0 spiro atoms. The number of hydrogen-bond donors (Lipinski definition) is 0. The van der Waals surface area contributed by atoms with Gasteiger partial charge >= 0.3 is 11.7 Å². The third-order valence-electron chi connectivity index (χ3n) is 3.64. The summed E-state index contributed by atoms with van der Waals surface area (Å²) in [7, 11) is -4.68. The second kappa shape index (κ2) is 7.98. The molecular weight excluding hydrogens is 402 g/mol. The summed E-state index contributed by atoms with van der Waals surface area (Å²) in [4.78, 5) is 11.6. The van der Waals surface area contributed by atoms with E-state index in [0.717, 1.165) is 41.3 Å². The van der Waals surface area contributed by atoms with Crippen molar-refractivity contribution >= 4 is 39.3 Å². The van der Waals surface area contributed by atoms with E-state index >= 15 is 0 Å². The lowest BCUT2D eigenvalue weighted by atomic mass is 10.2. The van der Waals surface area contributed by atoms with Gasteiger partial charge in [-0.3, -0.25) is 0 Å². The predicted molar refractivity (Wildman–Crippen MR) is 98.7 cm³/mol. The van der Waals surface area contributed by atoms with Gasteiger partial charge in [-0.05, 0) is 42.0 Å². The van der Waals surface area contributed by atoms with E-state index in [1.54, 1.807) is 12.1 Å². The van der Waals surface area contributed by atoms with Gasteiger partial charge < -0.3 is 4.74 Å². The minimum Gasteiger partial charge on any atom is -0.423 e. The van der Waals surface area contributed by atoms with Crippen molar-refractivity contribution in [2.45, 2.75) is 15.2 Å². The third kappa shape index (κ3) is 4.21. The van der Waals surface area contributed by atoms with Crippen LogP contribution in [0.25, 0.3) is 0 Å². The highest BCUT2D eigenvalue weighted by Gasteiger charge is 2.26. The fraction of sp³-hybridized carbons (Fsp3) is 0.235. The first-order valence-corrected chi connectivity index (χ1v) is 11.2. The average molecular weight is 416 g/mol. The second-order valence-electron chi connectivity index (χ2n) is 5.36. The maximum atomic E-state index is 12.5. The molecule has 0 N–H and O–H groups in total. The zero-order valence-corrected chi connectivity index (χ0v) is 15.8. The Labute approximate surface area is 158 Å². The van der Waals surface area contributed by atoms with E-state index in [1.165, 1.54) is 0 Å². The molecule has 138 valence electrons. The second-order valence-corrected chi connectivity index (χ2v) is 10.0. The number of benzene rings is 2. The van der Waals surface area contributed by atoms with Crippen molar-refractivity contribution in [1.82, 2.24) is 0 Å². The highest BCUT2D eigenvalue weighted by molar-refractivity contribution is 8.19. The van der Waals surface area contributed by atoms with Crippen molar-refractivity contribution < 1.29 is 26.7 Å². The molecule has 3 rings (SSSR count). The summed E-state index contributed by atoms with van der Waals surface area (Å²) < 4.78 is 53.4. The van der Waals surface area contributed by atoms with Crippen LogP contribution in [0, 0.1) is 0 Å². The van der Waals surface area contributed by atoms with Crippen LogP contribution < -0.4 is 4.74 Å². The van der Waals surface area contributed by atoms with Crippen LogP contribution in [-0.2, 0) is 9.84 Å². The summed E-state index contributed by atoms with van der Waals surface area (Å²) in [5.41, 5.74) is 1.23. The number of rotatable bonds is 5. The first-order valence-electron chi connectivity index (χ1n) is 7.55. The van der Waals surface area contributed by atoms with Gasteiger partial charge in [0.2, 0.25) is 9.84 Å². The van der Waals surface area contributed by atoms with E-state index in [4.69, 9.17) is 4.74 Å². The molecule has 0 bridgehead atoms. The van der Waals surface area contributed by atoms with Gasteiger partial charge in [0.05, 0.1) is 15.0 Å². The highest BCUT2D eigenvalue weighted by atomic mass is 32.2. The van der Waals surface area contributed by atoms with Gasteiger partial charge in [0.25, 0.3) is 0 Å². The molecule has 1 aliphatic heterocycles. The van der Waals surface area contributed by atoms with Crippen molar-refractivity contribution in [2.75, 3.05) is 11.5 Å². The van der Waals surface area contributed by atoms with E-state index in [0.29, 0.717) is 10.3 Å². The summed E-state index contributed by atoms with van der Waals surface area (Å²) >= 11 is 3.74. The number of thioether (sulfide) groups is 2. The normalized spacial score (nSPS) is 15.3. The quantitative estimate of drug-likeness (QED) is 0.533. The van der Waals surface area contributed by atoms with Crippen LogP contribution >= 0.6 is 23.5 Å². The maximum absolute atomic E-state index is 12.5. The molecular formula is C17H14F2O4S3. The van der Waals surface area contributed by atoms with Crippen LogP contribution in [-0.4, -0.2) is 31.7 Å². The number of alkyl halides is 2. The first-order chi connectivity index (χ1) is 12.4. The van der Waals surface area contributed by atoms with Crippen LogP contribution in [0.2, 0.25) is 0 Å². The minimum atomic E-state index is -4.68. The summed E-state index contributed by atoms with van der Waals surface area (Å²) in [6.07, 6.45) is 0. The number of carbonyl (C=O) groups is 1. The Kier molecular flexibility index (Phi) is 5.89. The van der Waals surface area contributed by atoms with E-state index in [1.807, 2.05) is 35.7 Å². The van der Waals surface area contributed by atoms with Gasteiger partial charge in [0.15, 0.2) is 0 Å². The number of sulfone groups is 1. The Morgan fingerprint density at radius 1 is 1.00 bits per heavy atom. The molecule has 26 heavy (non-hydrogen) atoms. The molecule has 0 aliphatic carbocycles. The Bertz CT molecular complexity index is 875. The SMILES string of the molecule is O=C(Oc1ccc(C2SCCS2)cc1)c1ccc(S(=O)(=O)C(F)F)cc1. The van der Waals surface area contributed by atoms with Crippen LogP contribution in [0.3, 0.4) is 0 Å². The lowest BCUT2D eigenvalue weighted by molar-refractivity contribution is 0.0734. The fourth-order valence-corrected chi connectivity index (χ4v) is 5.87. The molecule has 0 aromatic heterocycles. The maximum Gasteiger partial charge on any atom is 0.343 e. The molecule has 1 fully saturated rings. The fourth-order valence-electron chi connectivity index (χ4n) is 2.29. The molecule has 0 atom stereocenters. The van der Waals surface area contributed by atoms with Crippen LogP contribution in [0.4, 0.5) is 8.78 Å². The number of carbonyl (C=O) groups excluding carboxylic acids is 1. The van der Waals surface area contributed by atoms with Crippen molar-refractivity contribution in [3.8, 4) is 5.75 Å². The number of esters is 1. The number of ether oxygens (including phenoxy) is 1. The standard InChI is InChI=1S/C17H14F2O4S3/c18-17(19)26(21,22)14-7-3-11(4-8-14)15(20)23-13-5-1-12(2-6-13)16-24-9-10-25-16/h1-8,16-17H,9-10H2. The average Bonchev–Trinajstić information content (AvgIpc) is 3.17. The third-order valence-corrected chi connectivity index (χ3v) is 8.14. The zero-order chi connectivity index (χ0) is 18.7. The van der Waals surface area contributed by atoms with Crippen LogP contribution in [0.5, 0.6) is 5.75 Å². The minimum absolute atomic E-state index is 0.0733. The smallest absolute Gasteiger partial charge is 0.343 e. The molecule has 2 aromatic rings. The summed E-state index contributed by atoms with van der Waals surface area (Å²) in [5, 5.41) is 0. The van der Waals surface area contributed by atoms with Gasteiger partial charge in [0, 0.05) is 11.5 Å². The Balaban J connectivity index is 1.68. The van der Waals surface area contributed by atoms with E-state index < -0.39 is 26.5 Å².